The summed E-state index contributed by atoms with van der Waals surface area (Å²) < 4.78 is 15.5. The van der Waals surface area contributed by atoms with Crippen LogP contribution in [-0.4, -0.2) is 38.2 Å². The zero-order valence-electron chi connectivity index (χ0n) is 13.8. The van der Waals surface area contributed by atoms with Crippen molar-refractivity contribution in [2.24, 2.45) is 0 Å². The van der Waals surface area contributed by atoms with E-state index in [0.29, 0.717) is 11.5 Å². The van der Waals surface area contributed by atoms with E-state index < -0.39 is 12.1 Å². The molecule has 1 fully saturated rings. The van der Waals surface area contributed by atoms with Gasteiger partial charge in [0, 0.05) is 12.1 Å². The second-order valence-electron chi connectivity index (χ2n) is 5.60. The van der Waals surface area contributed by atoms with Gasteiger partial charge in [-0.3, -0.25) is 4.79 Å². The number of ether oxygens (including phenoxy) is 3. The second-order valence-corrected chi connectivity index (χ2v) is 5.60. The maximum Gasteiger partial charge on any atom is 0.342 e. The van der Waals surface area contributed by atoms with Crippen molar-refractivity contribution in [3.63, 3.8) is 0 Å². The average Bonchev–Trinajstić information content (AvgIpc) is 3.06. The highest BCUT2D eigenvalue weighted by atomic mass is 16.5. The number of carbonyl (C=O) groups excluding carboxylic acids is 2. The van der Waals surface area contributed by atoms with Crippen molar-refractivity contribution in [2.45, 2.75) is 44.8 Å². The standard InChI is InChI=1S/C17H23NO5/c1-11(16(19)18-12-6-4-5-7-12)23-17(20)14-9-8-13(21-2)10-15(14)22-3/h8-12H,4-7H2,1-3H3,(H,18,19)/t11-/m0/s1. The molecule has 1 atom stereocenters. The fraction of sp³-hybridized carbons (Fsp3) is 0.529. The van der Waals surface area contributed by atoms with Crippen LogP contribution in [0.1, 0.15) is 43.0 Å². The Bertz CT molecular complexity index is 566. The Morgan fingerprint density at radius 1 is 1.17 bits per heavy atom. The van der Waals surface area contributed by atoms with Gasteiger partial charge in [0.2, 0.25) is 0 Å². The summed E-state index contributed by atoms with van der Waals surface area (Å²) in [6.45, 7) is 1.57. The first-order chi connectivity index (χ1) is 11.0. The summed E-state index contributed by atoms with van der Waals surface area (Å²) in [6, 6.07) is 4.99. The van der Waals surface area contributed by atoms with E-state index >= 15 is 0 Å². The van der Waals surface area contributed by atoms with Gasteiger partial charge in [-0.2, -0.15) is 0 Å². The first-order valence-electron chi connectivity index (χ1n) is 7.78. The van der Waals surface area contributed by atoms with Crippen LogP contribution in [-0.2, 0) is 9.53 Å². The number of amides is 1. The normalized spacial score (nSPS) is 15.8. The molecule has 0 aromatic heterocycles. The molecule has 0 spiro atoms. The lowest BCUT2D eigenvalue weighted by atomic mass is 10.2. The minimum atomic E-state index is -0.852. The van der Waals surface area contributed by atoms with E-state index in [9.17, 15) is 9.59 Å². The third-order valence-electron chi connectivity index (χ3n) is 3.98. The lowest BCUT2D eigenvalue weighted by Crippen LogP contribution is -2.40. The molecule has 0 saturated heterocycles. The van der Waals surface area contributed by atoms with Crippen molar-refractivity contribution in [3.8, 4) is 11.5 Å². The van der Waals surface area contributed by atoms with Crippen LogP contribution >= 0.6 is 0 Å². The Hall–Kier alpha value is -2.24. The molecule has 0 heterocycles. The molecule has 1 aliphatic carbocycles. The molecule has 1 saturated carbocycles. The zero-order valence-corrected chi connectivity index (χ0v) is 13.8. The molecule has 1 aliphatic rings. The van der Waals surface area contributed by atoms with Crippen molar-refractivity contribution < 1.29 is 23.8 Å². The van der Waals surface area contributed by atoms with Crippen molar-refractivity contribution in [3.05, 3.63) is 23.8 Å². The monoisotopic (exact) mass is 321 g/mol. The van der Waals surface area contributed by atoms with E-state index in [1.54, 1.807) is 25.1 Å². The molecular formula is C17H23NO5. The molecular weight excluding hydrogens is 298 g/mol. The highest BCUT2D eigenvalue weighted by molar-refractivity contribution is 5.94. The Morgan fingerprint density at radius 2 is 1.87 bits per heavy atom. The lowest BCUT2D eigenvalue weighted by molar-refractivity contribution is -0.129. The number of hydrogen-bond donors (Lipinski definition) is 1. The first kappa shape index (κ1) is 17.1. The van der Waals surface area contributed by atoms with Gasteiger partial charge in [0.05, 0.1) is 14.2 Å². The van der Waals surface area contributed by atoms with Gasteiger partial charge >= 0.3 is 5.97 Å². The fourth-order valence-corrected chi connectivity index (χ4v) is 2.63. The maximum absolute atomic E-state index is 12.3. The summed E-state index contributed by atoms with van der Waals surface area (Å²) in [6.07, 6.45) is 3.37. The van der Waals surface area contributed by atoms with Crippen molar-refractivity contribution in [1.82, 2.24) is 5.32 Å². The van der Waals surface area contributed by atoms with E-state index in [2.05, 4.69) is 5.32 Å². The molecule has 0 unspecified atom stereocenters. The fourth-order valence-electron chi connectivity index (χ4n) is 2.63. The highest BCUT2D eigenvalue weighted by Crippen LogP contribution is 2.25. The summed E-state index contributed by atoms with van der Waals surface area (Å²) in [5, 5.41) is 2.91. The van der Waals surface area contributed by atoms with Crippen molar-refractivity contribution in [1.29, 1.82) is 0 Å². The molecule has 23 heavy (non-hydrogen) atoms. The summed E-state index contributed by atoms with van der Waals surface area (Å²) in [7, 11) is 2.99. The molecule has 126 valence electrons. The van der Waals surface area contributed by atoms with E-state index in [1.807, 2.05) is 0 Å². The Balaban J connectivity index is 1.98. The van der Waals surface area contributed by atoms with Crippen molar-refractivity contribution in [2.75, 3.05) is 14.2 Å². The summed E-state index contributed by atoms with van der Waals surface area (Å²) in [5.41, 5.74) is 0.258. The van der Waals surface area contributed by atoms with Crippen LogP contribution < -0.4 is 14.8 Å². The molecule has 0 aliphatic heterocycles. The average molecular weight is 321 g/mol. The Labute approximate surface area is 136 Å². The van der Waals surface area contributed by atoms with Gasteiger partial charge in [-0.1, -0.05) is 12.8 Å². The van der Waals surface area contributed by atoms with E-state index in [1.165, 1.54) is 14.2 Å². The smallest absolute Gasteiger partial charge is 0.342 e. The minimum absolute atomic E-state index is 0.194. The predicted octanol–water partition coefficient (Wildman–Crippen LogP) is 2.31. The number of hydrogen-bond acceptors (Lipinski definition) is 5. The summed E-state index contributed by atoms with van der Waals surface area (Å²) in [5.74, 6) is 0.0551. The van der Waals surface area contributed by atoms with E-state index in [0.717, 1.165) is 25.7 Å². The van der Waals surface area contributed by atoms with Gasteiger partial charge in [-0.15, -0.1) is 0 Å². The number of nitrogens with one attached hydrogen (secondary N) is 1. The van der Waals surface area contributed by atoms with Gasteiger partial charge in [0.25, 0.3) is 5.91 Å². The topological polar surface area (TPSA) is 73.9 Å². The number of carbonyl (C=O) groups is 2. The van der Waals surface area contributed by atoms with Crippen molar-refractivity contribution >= 4 is 11.9 Å². The Morgan fingerprint density at radius 3 is 2.48 bits per heavy atom. The molecule has 6 heteroatoms. The largest absolute Gasteiger partial charge is 0.497 e. The lowest BCUT2D eigenvalue weighted by Gasteiger charge is -2.18. The van der Waals surface area contributed by atoms with Crippen LogP contribution in [0.3, 0.4) is 0 Å². The third kappa shape index (κ3) is 4.37. The summed E-state index contributed by atoms with van der Waals surface area (Å²) in [4.78, 5) is 24.3. The van der Waals surface area contributed by atoms with Gasteiger partial charge in [-0.25, -0.2) is 4.79 Å². The predicted molar refractivity (Wildman–Crippen MR) is 84.8 cm³/mol. The van der Waals surface area contributed by atoms with Gasteiger partial charge < -0.3 is 19.5 Å². The van der Waals surface area contributed by atoms with Crippen LogP contribution in [0.2, 0.25) is 0 Å². The van der Waals surface area contributed by atoms with Gasteiger partial charge in [-0.05, 0) is 31.9 Å². The van der Waals surface area contributed by atoms with Crippen LogP contribution in [0, 0.1) is 0 Å². The number of rotatable bonds is 6. The zero-order chi connectivity index (χ0) is 16.8. The molecule has 2 rings (SSSR count). The SMILES string of the molecule is COc1ccc(C(=O)O[C@@H](C)C(=O)NC2CCCC2)c(OC)c1. The maximum atomic E-state index is 12.3. The first-order valence-corrected chi connectivity index (χ1v) is 7.78. The van der Waals surface area contributed by atoms with Gasteiger partial charge in [0.1, 0.15) is 17.1 Å². The molecule has 0 bridgehead atoms. The van der Waals surface area contributed by atoms with Crippen LogP contribution in [0.4, 0.5) is 0 Å². The number of methoxy groups -OCH3 is 2. The van der Waals surface area contributed by atoms with Crippen LogP contribution in [0.5, 0.6) is 11.5 Å². The molecule has 6 nitrogen and oxygen atoms in total. The molecule has 0 radical (unpaired) electrons. The van der Waals surface area contributed by atoms with Gasteiger partial charge in [0.15, 0.2) is 6.10 Å². The Kier molecular flexibility index (Phi) is 5.84. The third-order valence-corrected chi connectivity index (χ3v) is 3.98. The van der Waals surface area contributed by atoms with E-state index in [4.69, 9.17) is 14.2 Å². The van der Waals surface area contributed by atoms with E-state index in [-0.39, 0.29) is 17.5 Å². The van der Waals surface area contributed by atoms with Crippen LogP contribution in [0.25, 0.3) is 0 Å². The molecule has 1 amide bonds. The molecule has 1 aromatic carbocycles. The molecule has 1 N–H and O–H groups in total. The molecule has 1 aromatic rings. The quantitative estimate of drug-likeness (QED) is 0.814. The highest BCUT2D eigenvalue weighted by Gasteiger charge is 2.24. The summed E-state index contributed by atoms with van der Waals surface area (Å²) >= 11 is 0. The number of esters is 1. The number of benzene rings is 1. The minimum Gasteiger partial charge on any atom is -0.497 e. The van der Waals surface area contributed by atoms with Crippen LogP contribution in [0.15, 0.2) is 18.2 Å². The second kappa shape index (κ2) is 7.85.